The molecule has 0 atom stereocenters. The van der Waals surface area contributed by atoms with Gasteiger partial charge < -0.3 is 5.11 Å². The van der Waals surface area contributed by atoms with Crippen molar-refractivity contribution in [1.29, 1.82) is 5.26 Å². The highest BCUT2D eigenvalue weighted by molar-refractivity contribution is 6.33. The summed E-state index contributed by atoms with van der Waals surface area (Å²) in [6.07, 6.45) is 0.675. The third kappa shape index (κ3) is 1.72. The second-order valence-corrected chi connectivity index (χ2v) is 6.70. The van der Waals surface area contributed by atoms with Gasteiger partial charge in [-0.1, -0.05) is 19.9 Å². The molecule has 4 rings (SSSR count). The smallest absolute Gasteiger partial charge is 0.193 e. The van der Waals surface area contributed by atoms with Crippen molar-refractivity contribution in [2.24, 2.45) is 0 Å². The quantitative estimate of drug-likeness (QED) is 0.806. The summed E-state index contributed by atoms with van der Waals surface area (Å²) in [7, 11) is 0. The zero-order chi connectivity index (χ0) is 16.4. The van der Waals surface area contributed by atoms with Crippen LogP contribution >= 0.6 is 0 Å². The molecule has 0 spiro atoms. The van der Waals surface area contributed by atoms with Crippen molar-refractivity contribution in [2.75, 3.05) is 0 Å². The minimum atomic E-state index is -0.330. The molecule has 0 aliphatic heterocycles. The normalized spacial score (nSPS) is 17.3. The maximum atomic E-state index is 13.0. The largest absolute Gasteiger partial charge is 0.508 e. The Morgan fingerprint density at radius 3 is 2.61 bits per heavy atom. The second kappa shape index (κ2) is 4.33. The van der Waals surface area contributed by atoms with Crippen LogP contribution in [0.4, 0.5) is 0 Å². The van der Waals surface area contributed by atoms with Gasteiger partial charge in [0.2, 0.25) is 0 Å². The van der Waals surface area contributed by atoms with Gasteiger partial charge >= 0.3 is 0 Å². The number of allylic oxidation sites excluding steroid dienone is 2. The van der Waals surface area contributed by atoms with E-state index in [1.165, 1.54) is 0 Å². The van der Waals surface area contributed by atoms with Crippen molar-refractivity contribution in [2.45, 2.75) is 25.7 Å². The van der Waals surface area contributed by atoms with Crippen molar-refractivity contribution in [3.63, 3.8) is 0 Å². The number of rotatable bonds is 0. The lowest BCUT2D eigenvalue weighted by atomic mass is 9.68. The molecular weight excluding hydrogens is 286 g/mol. The molecule has 3 heteroatoms. The number of fused-ring (bicyclic) bond motifs is 3. The minimum Gasteiger partial charge on any atom is -0.508 e. The molecule has 1 N–H and O–H groups in total. The predicted octanol–water partition coefficient (Wildman–Crippen LogP) is 3.75. The number of nitrogens with zero attached hydrogens (tertiary/aromatic N) is 1. The van der Waals surface area contributed by atoms with Crippen LogP contribution in [0.5, 0.6) is 5.75 Å². The number of ketones is 1. The average Bonchev–Trinajstić information content (AvgIpc) is 2.92. The van der Waals surface area contributed by atoms with E-state index in [-0.39, 0.29) is 16.9 Å². The fourth-order valence-corrected chi connectivity index (χ4v) is 3.83. The summed E-state index contributed by atoms with van der Waals surface area (Å²) in [5.41, 5.74) is 5.63. The van der Waals surface area contributed by atoms with Crippen LogP contribution in [0, 0.1) is 11.3 Å². The number of aromatic hydroxyl groups is 1. The number of phenolic OH excluding ortho intramolecular Hbond substituents is 1. The van der Waals surface area contributed by atoms with Crippen LogP contribution in [0.1, 0.15) is 46.5 Å². The number of hydrogen-bond donors (Lipinski definition) is 1. The summed E-state index contributed by atoms with van der Waals surface area (Å²) < 4.78 is 0. The van der Waals surface area contributed by atoms with Gasteiger partial charge in [-0.2, -0.15) is 5.26 Å². The molecule has 2 aromatic carbocycles. The van der Waals surface area contributed by atoms with Gasteiger partial charge in [-0.05, 0) is 59.0 Å². The number of carbonyl (C=O) groups excluding carboxylic acids is 1. The Labute approximate surface area is 134 Å². The van der Waals surface area contributed by atoms with Gasteiger partial charge in [0.25, 0.3) is 0 Å². The maximum Gasteiger partial charge on any atom is 0.193 e. The third-order valence-corrected chi connectivity index (χ3v) is 5.08. The maximum absolute atomic E-state index is 13.0. The molecule has 2 aliphatic rings. The lowest BCUT2D eigenvalue weighted by molar-refractivity contribution is 0.105. The molecule has 0 saturated carbocycles. The first-order valence-electron chi connectivity index (χ1n) is 7.58. The summed E-state index contributed by atoms with van der Waals surface area (Å²) in [4.78, 5) is 13.0. The molecule has 0 bridgehead atoms. The fraction of sp³-hybridized carbons (Fsp3) is 0.200. The fourth-order valence-electron chi connectivity index (χ4n) is 3.83. The molecule has 0 heterocycles. The molecule has 0 fully saturated rings. The van der Waals surface area contributed by atoms with E-state index in [2.05, 4.69) is 19.9 Å². The Morgan fingerprint density at radius 1 is 1.13 bits per heavy atom. The summed E-state index contributed by atoms with van der Waals surface area (Å²) >= 11 is 0. The van der Waals surface area contributed by atoms with Gasteiger partial charge in [-0.3, -0.25) is 4.79 Å². The van der Waals surface area contributed by atoms with Crippen molar-refractivity contribution >= 4 is 11.4 Å². The Morgan fingerprint density at radius 2 is 1.87 bits per heavy atom. The highest BCUT2D eigenvalue weighted by Crippen LogP contribution is 2.50. The molecule has 112 valence electrons. The van der Waals surface area contributed by atoms with Crippen LogP contribution in [0.25, 0.3) is 5.57 Å². The zero-order valence-electron chi connectivity index (χ0n) is 13.0. The van der Waals surface area contributed by atoms with Crippen LogP contribution in [-0.4, -0.2) is 10.9 Å². The molecule has 23 heavy (non-hydrogen) atoms. The van der Waals surface area contributed by atoms with E-state index in [4.69, 9.17) is 5.26 Å². The topological polar surface area (TPSA) is 61.1 Å². The number of carbonyl (C=O) groups is 1. The summed E-state index contributed by atoms with van der Waals surface area (Å²) in [5.74, 6) is 0.189. The highest BCUT2D eigenvalue weighted by atomic mass is 16.3. The SMILES string of the molecule is CC1(C)C2=C(C(=O)c3ccc(O)cc31)c1ccc(C#N)cc1C2. The molecule has 0 amide bonds. The van der Waals surface area contributed by atoms with Crippen molar-refractivity contribution in [1.82, 2.24) is 0 Å². The first kappa shape index (κ1) is 13.8. The Hall–Kier alpha value is -2.86. The Balaban J connectivity index is 1.97. The molecular formula is C20H15NO2. The van der Waals surface area contributed by atoms with Crippen LogP contribution in [-0.2, 0) is 11.8 Å². The highest BCUT2D eigenvalue weighted by Gasteiger charge is 2.42. The first-order valence-corrected chi connectivity index (χ1v) is 7.58. The van der Waals surface area contributed by atoms with Crippen LogP contribution in [0.2, 0.25) is 0 Å². The van der Waals surface area contributed by atoms with Gasteiger partial charge in [-0.15, -0.1) is 0 Å². The molecule has 2 aliphatic carbocycles. The number of hydrogen-bond acceptors (Lipinski definition) is 3. The third-order valence-electron chi connectivity index (χ3n) is 5.08. The van der Waals surface area contributed by atoms with E-state index in [0.29, 0.717) is 17.5 Å². The monoisotopic (exact) mass is 301 g/mol. The average molecular weight is 301 g/mol. The second-order valence-electron chi connectivity index (χ2n) is 6.70. The van der Waals surface area contributed by atoms with Crippen LogP contribution in [0.15, 0.2) is 42.0 Å². The molecule has 0 saturated heterocycles. The minimum absolute atomic E-state index is 0.0118. The van der Waals surface area contributed by atoms with Crippen molar-refractivity contribution < 1.29 is 9.90 Å². The van der Waals surface area contributed by atoms with E-state index >= 15 is 0 Å². The van der Waals surface area contributed by atoms with E-state index in [1.54, 1.807) is 24.3 Å². The van der Waals surface area contributed by atoms with Crippen LogP contribution in [0.3, 0.4) is 0 Å². The van der Waals surface area contributed by atoms with E-state index in [0.717, 1.165) is 27.8 Å². The summed E-state index contributed by atoms with van der Waals surface area (Å²) in [6.45, 7) is 4.17. The summed E-state index contributed by atoms with van der Waals surface area (Å²) in [5, 5.41) is 18.9. The van der Waals surface area contributed by atoms with Gasteiger partial charge in [0.15, 0.2) is 5.78 Å². The van der Waals surface area contributed by atoms with Gasteiger partial charge in [0.1, 0.15) is 5.75 Å². The number of benzene rings is 2. The number of Topliss-reactive ketones (excluding diaryl/α,β-unsaturated/α-hetero) is 1. The van der Waals surface area contributed by atoms with Gasteiger partial charge in [-0.25, -0.2) is 0 Å². The molecule has 0 radical (unpaired) electrons. The summed E-state index contributed by atoms with van der Waals surface area (Å²) in [6, 6.07) is 12.6. The van der Waals surface area contributed by atoms with E-state index in [1.807, 2.05) is 12.1 Å². The van der Waals surface area contributed by atoms with Crippen LogP contribution < -0.4 is 0 Å². The first-order chi connectivity index (χ1) is 10.9. The molecule has 2 aromatic rings. The molecule has 3 nitrogen and oxygen atoms in total. The lowest BCUT2D eigenvalue weighted by Crippen LogP contribution is -2.29. The van der Waals surface area contributed by atoms with Crippen molar-refractivity contribution in [3.05, 3.63) is 69.8 Å². The standard InChI is InChI=1S/C20H15NO2/c1-20(2)16-9-13(22)4-6-15(16)19(23)18-14-5-3-11(10-21)7-12(14)8-17(18)20/h3-7,9,22H,8H2,1-2H3. The van der Waals surface area contributed by atoms with Crippen molar-refractivity contribution in [3.8, 4) is 11.8 Å². The number of phenols is 1. The molecule has 0 unspecified atom stereocenters. The van der Waals surface area contributed by atoms with E-state index in [9.17, 15) is 9.90 Å². The van der Waals surface area contributed by atoms with Gasteiger partial charge in [0.05, 0.1) is 11.6 Å². The zero-order valence-corrected chi connectivity index (χ0v) is 13.0. The lowest BCUT2D eigenvalue weighted by Gasteiger charge is -2.34. The Bertz CT molecular complexity index is 958. The van der Waals surface area contributed by atoms with E-state index < -0.39 is 0 Å². The predicted molar refractivity (Wildman–Crippen MR) is 87.2 cm³/mol. The molecule has 0 aromatic heterocycles. The number of nitriles is 1. The van der Waals surface area contributed by atoms with Gasteiger partial charge in [0, 0.05) is 16.6 Å². The Kier molecular flexibility index (Phi) is 2.59.